The molecule has 0 aliphatic heterocycles. The lowest BCUT2D eigenvalue weighted by Crippen LogP contribution is -2.06. The van der Waals surface area contributed by atoms with Crippen LogP contribution < -0.4 is 4.74 Å². The molecule has 1 aromatic rings. The lowest BCUT2D eigenvalue weighted by atomic mass is 10.0. The van der Waals surface area contributed by atoms with Crippen LogP contribution in [-0.2, 0) is 9.53 Å². The molecule has 1 rings (SSSR count). The molecular formula is C15H20O3. The van der Waals surface area contributed by atoms with Gasteiger partial charge in [0.1, 0.15) is 5.75 Å². The Morgan fingerprint density at radius 1 is 1.06 bits per heavy atom. The van der Waals surface area contributed by atoms with E-state index in [-0.39, 0.29) is 5.97 Å². The molecule has 98 valence electrons. The highest BCUT2D eigenvalue weighted by atomic mass is 16.5. The predicted octanol–water partition coefficient (Wildman–Crippen LogP) is 3.44. The number of rotatable bonds is 5. The van der Waals surface area contributed by atoms with E-state index < -0.39 is 0 Å². The summed E-state index contributed by atoms with van der Waals surface area (Å²) in [7, 11) is 0. The third kappa shape index (κ3) is 3.62. The van der Waals surface area contributed by atoms with Gasteiger partial charge in [-0.15, -0.1) is 0 Å². The fourth-order valence-electron chi connectivity index (χ4n) is 1.58. The lowest BCUT2D eigenvalue weighted by molar-refractivity contribution is -0.138. The predicted molar refractivity (Wildman–Crippen MR) is 72.5 cm³/mol. The summed E-state index contributed by atoms with van der Waals surface area (Å²) < 4.78 is 10.4. The summed E-state index contributed by atoms with van der Waals surface area (Å²) in [4.78, 5) is 11.6. The highest BCUT2D eigenvalue weighted by Crippen LogP contribution is 2.21. The summed E-state index contributed by atoms with van der Waals surface area (Å²) in [6.07, 6.45) is 0. The highest BCUT2D eigenvalue weighted by molar-refractivity contribution is 5.96. The zero-order chi connectivity index (χ0) is 13.5. The van der Waals surface area contributed by atoms with Crippen molar-refractivity contribution in [2.75, 3.05) is 13.2 Å². The third-order valence-electron chi connectivity index (χ3n) is 2.74. The van der Waals surface area contributed by atoms with Gasteiger partial charge in [0, 0.05) is 5.57 Å². The SMILES string of the molecule is CCOC(=O)/C(C)=C(/C)c1ccc(OCC)cc1. The summed E-state index contributed by atoms with van der Waals surface area (Å²) in [5.74, 6) is 0.576. The van der Waals surface area contributed by atoms with Crippen molar-refractivity contribution in [3.05, 3.63) is 35.4 Å². The van der Waals surface area contributed by atoms with Crippen LogP contribution in [0.4, 0.5) is 0 Å². The quantitative estimate of drug-likeness (QED) is 0.591. The Bertz CT molecular complexity index is 430. The van der Waals surface area contributed by atoms with Crippen molar-refractivity contribution in [2.24, 2.45) is 0 Å². The Hall–Kier alpha value is -1.77. The van der Waals surface area contributed by atoms with Gasteiger partial charge in [0.05, 0.1) is 13.2 Å². The molecule has 0 heterocycles. The summed E-state index contributed by atoms with van der Waals surface area (Å²) in [6.45, 7) is 8.50. The van der Waals surface area contributed by atoms with E-state index in [4.69, 9.17) is 9.47 Å². The van der Waals surface area contributed by atoms with Crippen LogP contribution in [0, 0.1) is 0 Å². The Labute approximate surface area is 108 Å². The first kappa shape index (κ1) is 14.3. The van der Waals surface area contributed by atoms with Crippen molar-refractivity contribution in [2.45, 2.75) is 27.7 Å². The minimum atomic E-state index is -0.260. The van der Waals surface area contributed by atoms with Crippen LogP contribution in [0.5, 0.6) is 5.75 Å². The standard InChI is InChI=1S/C15H20O3/c1-5-17-14-9-7-13(8-10-14)11(3)12(4)15(16)18-6-2/h7-10H,5-6H2,1-4H3/b12-11-. The fourth-order valence-corrected chi connectivity index (χ4v) is 1.58. The second-order valence-corrected chi connectivity index (χ2v) is 3.93. The first-order chi connectivity index (χ1) is 8.60. The van der Waals surface area contributed by atoms with E-state index in [2.05, 4.69) is 0 Å². The first-order valence-corrected chi connectivity index (χ1v) is 6.18. The number of ether oxygens (including phenoxy) is 2. The van der Waals surface area contributed by atoms with E-state index in [9.17, 15) is 4.79 Å². The van der Waals surface area contributed by atoms with E-state index in [1.165, 1.54) is 0 Å². The van der Waals surface area contributed by atoms with Crippen molar-refractivity contribution in [1.82, 2.24) is 0 Å². The third-order valence-corrected chi connectivity index (χ3v) is 2.74. The average Bonchev–Trinajstić information content (AvgIpc) is 2.38. The number of hydrogen-bond donors (Lipinski definition) is 0. The van der Waals surface area contributed by atoms with Crippen molar-refractivity contribution < 1.29 is 14.3 Å². The summed E-state index contributed by atoms with van der Waals surface area (Å²) in [6, 6.07) is 7.70. The van der Waals surface area contributed by atoms with E-state index >= 15 is 0 Å². The number of allylic oxidation sites excluding steroid dienone is 1. The van der Waals surface area contributed by atoms with Crippen LogP contribution in [0.3, 0.4) is 0 Å². The van der Waals surface area contributed by atoms with E-state index in [1.54, 1.807) is 13.8 Å². The molecule has 0 spiro atoms. The Balaban J connectivity index is 2.91. The average molecular weight is 248 g/mol. The van der Waals surface area contributed by atoms with E-state index in [1.807, 2.05) is 38.1 Å². The molecule has 0 aromatic heterocycles. The van der Waals surface area contributed by atoms with Gasteiger partial charge in [-0.3, -0.25) is 0 Å². The molecule has 0 amide bonds. The second-order valence-electron chi connectivity index (χ2n) is 3.93. The zero-order valence-electron chi connectivity index (χ0n) is 11.4. The fraction of sp³-hybridized carbons (Fsp3) is 0.400. The number of carbonyl (C=O) groups excluding carboxylic acids is 1. The molecule has 0 fully saturated rings. The molecule has 3 nitrogen and oxygen atoms in total. The molecular weight excluding hydrogens is 228 g/mol. The minimum Gasteiger partial charge on any atom is -0.494 e. The number of benzene rings is 1. The zero-order valence-corrected chi connectivity index (χ0v) is 11.4. The number of hydrogen-bond acceptors (Lipinski definition) is 3. The molecule has 0 atom stereocenters. The van der Waals surface area contributed by atoms with Crippen molar-refractivity contribution in [3.8, 4) is 5.75 Å². The van der Waals surface area contributed by atoms with E-state index in [0.29, 0.717) is 18.8 Å². The Morgan fingerprint density at radius 2 is 1.67 bits per heavy atom. The van der Waals surface area contributed by atoms with Gasteiger partial charge >= 0.3 is 5.97 Å². The molecule has 0 N–H and O–H groups in total. The van der Waals surface area contributed by atoms with Gasteiger partial charge in [0.2, 0.25) is 0 Å². The molecule has 0 aliphatic rings. The molecule has 3 heteroatoms. The Kier molecular flexibility index (Phi) is 5.43. The van der Waals surface area contributed by atoms with Gasteiger partial charge in [0.25, 0.3) is 0 Å². The second kappa shape index (κ2) is 6.84. The number of esters is 1. The maximum Gasteiger partial charge on any atom is 0.333 e. The molecule has 0 bridgehead atoms. The summed E-state index contributed by atoms with van der Waals surface area (Å²) in [5, 5.41) is 0. The Morgan fingerprint density at radius 3 is 2.17 bits per heavy atom. The largest absolute Gasteiger partial charge is 0.494 e. The van der Waals surface area contributed by atoms with E-state index in [0.717, 1.165) is 16.9 Å². The molecule has 0 aliphatic carbocycles. The van der Waals surface area contributed by atoms with Crippen LogP contribution >= 0.6 is 0 Å². The van der Waals surface area contributed by atoms with Gasteiger partial charge in [-0.2, -0.15) is 0 Å². The van der Waals surface area contributed by atoms with Crippen LogP contribution in [-0.4, -0.2) is 19.2 Å². The highest BCUT2D eigenvalue weighted by Gasteiger charge is 2.09. The summed E-state index contributed by atoms with van der Waals surface area (Å²) >= 11 is 0. The molecule has 0 saturated heterocycles. The normalized spacial score (nSPS) is 11.8. The number of carbonyl (C=O) groups is 1. The topological polar surface area (TPSA) is 35.5 Å². The molecule has 0 unspecified atom stereocenters. The smallest absolute Gasteiger partial charge is 0.333 e. The first-order valence-electron chi connectivity index (χ1n) is 6.18. The van der Waals surface area contributed by atoms with Gasteiger partial charge in [-0.25, -0.2) is 4.79 Å². The van der Waals surface area contributed by atoms with Crippen molar-refractivity contribution in [3.63, 3.8) is 0 Å². The lowest BCUT2D eigenvalue weighted by Gasteiger charge is -2.09. The van der Waals surface area contributed by atoms with Gasteiger partial charge in [-0.1, -0.05) is 12.1 Å². The maximum atomic E-state index is 11.6. The van der Waals surface area contributed by atoms with Crippen LogP contribution in [0.15, 0.2) is 29.8 Å². The molecule has 0 saturated carbocycles. The molecule has 18 heavy (non-hydrogen) atoms. The van der Waals surface area contributed by atoms with Crippen LogP contribution in [0.1, 0.15) is 33.3 Å². The van der Waals surface area contributed by atoms with Gasteiger partial charge in [-0.05, 0) is 51.0 Å². The van der Waals surface area contributed by atoms with Crippen LogP contribution in [0.2, 0.25) is 0 Å². The van der Waals surface area contributed by atoms with Crippen molar-refractivity contribution in [1.29, 1.82) is 0 Å². The van der Waals surface area contributed by atoms with Crippen LogP contribution in [0.25, 0.3) is 5.57 Å². The maximum absolute atomic E-state index is 11.6. The van der Waals surface area contributed by atoms with Crippen molar-refractivity contribution >= 4 is 11.5 Å². The molecule has 1 aromatic carbocycles. The summed E-state index contributed by atoms with van der Waals surface area (Å²) in [5.41, 5.74) is 2.57. The monoisotopic (exact) mass is 248 g/mol. The minimum absolute atomic E-state index is 0.260. The van der Waals surface area contributed by atoms with Gasteiger partial charge < -0.3 is 9.47 Å². The van der Waals surface area contributed by atoms with Gasteiger partial charge in [0.15, 0.2) is 0 Å². The molecule has 0 radical (unpaired) electrons.